The summed E-state index contributed by atoms with van der Waals surface area (Å²) in [7, 11) is 1.62. The summed E-state index contributed by atoms with van der Waals surface area (Å²) in [6.45, 7) is 4.55. The Morgan fingerprint density at radius 3 is 2.74 bits per heavy atom. The third-order valence-electron chi connectivity index (χ3n) is 3.19. The number of carbonyl (C=O) groups is 1. The largest absolute Gasteiger partial charge is 0.497 e. The minimum Gasteiger partial charge on any atom is -0.497 e. The highest BCUT2D eigenvalue weighted by molar-refractivity contribution is 5.77. The summed E-state index contributed by atoms with van der Waals surface area (Å²) in [5.74, 6) is 0.353. The van der Waals surface area contributed by atoms with Gasteiger partial charge in [0.2, 0.25) is 0 Å². The van der Waals surface area contributed by atoms with E-state index in [1.54, 1.807) is 7.11 Å². The Balaban J connectivity index is 2.42. The molecule has 0 saturated heterocycles. The van der Waals surface area contributed by atoms with E-state index in [1.165, 1.54) is 12.8 Å². The van der Waals surface area contributed by atoms with E-state index in [4.69, 9.17) is 9.47 Å². The molecule has 0 aliphatic heterocycles. The molecule has 19 heavy (non-hydrogen) atoms. The zero-order valence-corrected chi connectivity index (χ0v) is 12.1. The highest BCUT2D eigenvalue weighted by Crippen LogP contribution is 2.21. The predicted octanol–water partition coefficient (Wildman–Crippen LogP) is 3.92. The van der Waals surface area contributed by atoms with E-state index in [9.17, 15) is 4.79 Å². The first kappa shape index (κ1) is 15.5. The summed E-state index contributed by atoms with van der Waals surface area (Å²) in [5, 5.41) is 0. The smallest absolute Gasteiger partial charge is 0.313 e. The minimum absolute atomic E-state index is 0.162. The summed E-state index contributed by atoms with van der Waals surface area (Å²) in [6.07, 6.45) is 4.46. The van der Waals surface area contributed by atoms with Crippen LogP contribution in [0.1, 0.15) is 51.0 Å². The van der Waals surface area contributed by atoms with Crippen LogP contribution < -0.4 is 4.74 Å². The normalized spacial score (nSPS) is 11.9. The zero-order valence-electron chi connectivity index (χ0n) is 12.1. The van der Waals surface area contributed by atoms with Crippen LogP contribution in [-0.4, -0.2) is 19.7 Å². The monoisotopic (exact) mass is 264 g/mol. The van der Waals surface area contributed by atoms with Crippen molar-refractivity contribution in [1.82, 2.24) is 0 Å². The quantitative estimate of drug-likeness (QED) is 0.527. The number of carbonyl (C=O) groups excluding carboxylic acids is 1. The molecule has 1 aromatic rings. The van der Waals surface area contributed by atoms with Crippen molar-refractivity contribution in [1.29, 1.82) is 0 Å². The van der Waals surface area contributed by atoms with Crippen molar-refractivity contribution in [3.63, 3.8) is 0 Å². The van der Waals surface area contributed by atoms with Gasteiger partial charge in [-0.25, -0.2) is 0 Å². The maximum absolute atomic E-state index is 11.9. The van der Waals surface area contributed by atoms with Crippen LogP contribution in [0.4, 0.5) is 0 Å². The van der Waals surface area contributed by atoms with Gasteiger partial charge in [-0.3, -0.25) is 4.79 Å². The van der Waals surface area contributed by atoms with E-state index < -0.39 is 0 Å². The molecule has 0 N–H and O–H groups in total. The highest BCUT2D eigenvalue weighted by Gasteiger charge is 2.16. The van der Waals surface area contributed by atoms with Gasteiger partial charge in [0.25, 0.3) is 0 Å². The number of hydrogen-bond donors (Lipinski definition) is 0. The Labute approximate surface area is 115 Å². The van der Waals surface area contributed by atoms with Crippen LogP contribution in [-0.2, 0) is 9.53 Å². The van der Waals surface area contributed by atoms with Gasteiger partial charge < -0.3 is 9.47 Å². The van der Waals surface area contributed by atoms with E-state index >= 15 is 0 Å². The lowest BCUT2D eigenvalue weighted by Gasteiger charge is -2.12. The lowest BCUT2D eigenvalue weighted by molar-refractivity contribution is -0.145. The van der Waals surface area contributed by atoms with Gasteiger partial charge in [-0.1, -0.05) is 38.3 Å². The number of ether oxygens (including phenoxy) is 2. The molecule has 1 unspecified atom stereocenters. The first-order chi connectivity index (χ1) is 9.19. The fourth-order valence-electron chi connectivity index (χ4n) is 1.87. The van der Waals surface area contributed by atoms with Crippen LogP contribution in [0.5, 0.6) is 5.75 Å². The van der Waals surface area contributed by atoms with E-state index in [2.05, 4.69) is 6.92 Å². The second-order valence-electron chi connectivity index (χ2n) is 4.73. The molecule has 0 heterocycles. The van der Waals surface area contributed by atoms with Crippen molar-refractivity contribution in [2.24, 2.45) is 0 Å². The maximum Gasteiger partial charge on any atom is 0.313 e. The molecule has 1 aromatic carbocycles. The molecule has 0 spiro atoms. The van der Waals surface area contributed by atoms with E-state index in [0.717, 1.165) is 24.2 Å². The fourth-order valence-corrected chi connectivity index (χ4v) is 1.87. The van der Waals surface area contributed by atoms with E-state index in [0.29, 0.717) is 6.61 Å². The molecular weight excluding hydrogens is 240 g/mol. The van der Waals surface area contributed by atoms with Crippen molar-refractivity contribution in [3.8, 4) is 5.75 Å². The van der Waals surface area contributed by atoms with Gasteiger partial charge in [-0.05, 0) is 31.0 Å². The van der Waals surface area contributed by atoms with Crippen LogP contribution >= 0.6 is 0 Å². The average molecular weight is 264 g/mol. The Morgan fingerprint density at radius 1 is 1.26 bits per heavy atom. The summed E-state index contributed by atoms with van der Waals surface area (Å²) in [6, 6.07) is 7.56. The number of hydrogen-bond acceptors (Lipinski definition) is 3. The zero-order chi connectivity index (χ0) is 14.1. The van der Waals surface area contributed by atoms with E-state index in [1.807, 2.05) is 31.2 Å². The van der Waals surface area contributed by atoms with Gasteiger partial charge in [-0.2, -0.15) is 0 Å². The number of methoxy groups -OCH3 is 1. The van der Waals surface area contributed by atoms with Crippen LogP contribution in [0.15, 0.2) is 24.3 Å². The standard InChI is InChI=1S/C16H24O3/c1-4-5-6-7-11-19-16(17)13(2)14-9-8-10-15(12-14)18-3/h8-10,12-13H,4-7,11H2,1-3H3. The molecule has 0 aliphatic carbocycles. The first-order valence-corrected chi connectivity index (χ1v) is 6.99. The first-order valence-electron chi connectivity index (χ1n) is 6.99. The number of unbranched alkanes of at least 4 members (excludes halogenated alkanes) is 3. The molecule has 3 nitrogen and oxygen atoms in total. The topological polar surface area (TPSA) is 35.5 Å². The number of benzene rings is 1. The third-order valence-corrected chi connectivity index (χ3v) is 3.19. The third kappa shape index (κ3) is 5.33. The van der Waals surface area contributed by atoms with Crippen LogP contribution in [0.3, 0.4) is 0 Å². The van der Waals surface area contributed by atoms with Crippen LogP contribution in [0.25, 0.3) is 0 Å². The SMILES string of the molecule is CCCCCCOC(=O)C(C)c1cccc(OC)c1. The second-order valence-corrected chi connectivity index (χ2v) is 4.73. The van der Waals surface area contributed by atoms with Crippen molar-refractivity contribution in [2.45, 2.75) is 45.4 Å². The van der Waals surface area contributed by atoms with Crippen LogP contribution in [0, 0.1) is 0 Å². The van der Waals surface area contributed by atoms with Gasteiger partial charge in [0, 0.05) is 0 Å². The van der Waals surface area contributed by atoms with Gasteiger partial charge in [0.05, 0.1) is 19.6 Å². The maximum atomic E-state index is 11.9. The molecule has 106 valence electrons. The second kappa shape index (κ2) is 8.57. The fraction of sp³-hybridized carbons (Fsp3) is 0.562. The molecule has 3 heteroatoms. The number of rotatable bonds is 8. The summed E-state index contributed by atoms with van der Waals surface area (Å²) in [4.78, 5) is 11.9. The summed E-state index contributed by atoms with van der Waals surface area (Å²) in [5.41, 5.74) is 0.929. The van der Waals surface area contributed by atoms with Crippen molar-refractivity contribution in [3.05, 3.63) is 29.8 Å². The Bertz CT molecular complexity index is 387. The molecule has 0 saturated carbocycles. The molecule has 1 rings (SSSR count). The van der Waals surface area contributed by atoms with E-state index in [-0.39, 0.29) is 11.9 Å². The van der Waals surface area contributed by atoms with Gasteiger partial charge in [0.15, 0.2) is 0 Å². The molecular formula is C16H24O3. The van der Waals surface area contributed by atoms with Gasteiger partial charge >= 0.3 is 5.97 Å². The molecule has 0 aliphatic rings. The Hall–Kier alpha value is -1.51. The molecule has 0 radical (unpaired) electrons. The average Bonchev–Trinajstić information content (AvgIpc) is 2.46. The van der Waals surface area contributed by atoms with Gasteiger partial charge in [-0.15, -0.1) is 0 Å². The number of esters is 1. The highest BCUT2D eigenvalue weighted by atomic mass is 16.5. The lowest BCUT2D eigenvalue weighted by atomic mass is 10.0. The minimum atomic E-state index is -0.249. The Kier molecular flexibility index (Phi) is 7.01. The predicted molar refractivity (Wildman–Crippen MR) is 76.5 cm³/mol. The molecule has 0 fully saturated rings. The summed E-state index contributed by atoms with van der Waals surface area (Å²) < 4.78 is 10.5. The van der Waals surface area contributed by atoms with Crippen molar-refractivity contribution in [2.75, 3.05) is 13.7 Å². The molecule has 0 aromatic heterocycles. The van der Waals surface area contributed by atoms with Crippen LogP contribution in [0.2, 0.25) is 0 Å². The molecule has 1 atom stereocenters. The van der Waals surface area contributed by atoms with Crippen molar-refractivity contribution < 1.29 is 14.3 Å². The van der Waals surface area contributed by atoms with Crippen molar-refractivity contribution >= 4 is 5.97 Å². The molecule has 0 amide bonds. The lowest BCUT2D eigenvalue weighted by Crippen LogP contribution is -2.14. The molecule has 0 bridgehead atoms. The van der Waals surface area contributed by atoms with Gasteiger partial charge in [0.1, 0.15) is 5.75 Å². The summed E-state index contributed by atoms with van der Waals surface area (Å²) >= 11 is 0. The Morgan fingerprint density at radius 2 is 2.05 bits per heavy atom.